The molecule has 4 nitrogen and oxygen atoms in total. The van der Waals surface area contributed by atoms with E-state index >= 15 is 0 Å². The lowest BCUT2D eigenvalue weighted by Gasteiger charge is -2.25. The number of carbonyl (C=O) groups is 1. The van der Waals surface area contributed by atoms with Crippen LogP contribution in [0.25, 0.3) is 11.1 Å². The monoisotopic (exact) mass is 474 g/mol. The van der Waals surface area contributed by atoms with Crippen LogP contribution >= 0.6 is 0 Å². The number of fused-ring (bicyclic) bond motifs is 4. The molecular formula is C32H30N2O2. The molecule has 0 spiro atoms. The molecule has 1 atom stereocenters. The van der Waals surface area contributed by atoms with E-state index in [1.165, 1.54) is 27.8 Å². The zero-order chi connectivity index (χ0) is 24.3. The molecule has 1 unspecified atom stereocenters. The maximum Gasteiger partial charge on any atom is 0.310 e. The number of benzene rings is 4. The molecular weight excluding hydrogens is 444 g/mol. The Morgan fingerprint density at radius 1 is 0.806 bits per heavy atom. The van der Waals surface area contributed by atoms with Gasteiger partial charge in [-0.1, -0.05) is 97.1 Å². The highest BCUT2D eigenvalue weighted by Crippen LogP contribution is 2.44. The second kappa shape index (κ2) is 10.00. The fraction of sp³-hybridized carbons (Fsp3) is 0.219. The van der Waals surface area contributed by atoms with Gasteiger partial charge in [0.2, 0.25) is 0 Å². The molecule has 0 saturated heterocycles. The van der Waals surface area contributed by atoms with E-state index in [4.69, 9.17) is 4.74 Å². The number of anilines is 1. The summed E-state index contributed by atoms with van der Waals surface area (Å²) >= 11 is 0. The molecule has 0 radical (unpaired) electrons. The molecule has 1 heterocycles. The fourth-order valence-corrected chi connectivity index (χ4v) is 5.56. The van der Waals surface area contributed by atoms with Gasteiger partial charge < -0.3 is 10.2 Å². The number of hydrogen-bond acceptors (Lipinski definition) is 4. The topological polar surface area (TPSA) is 41.6 Å². The summed E-state index contributed by atoms with van der Waals surface area (Å²) < 4.78 is 6.07. The van der Waals surface area contributed by atoms with Crippen LogP contribution in [0.3, 0.4) is 0 Å². The van der Waals surface area contributed by atoms with Crippen molar-refractivity contribution in [2.75, 3.05) is 25.1 Å². The largest absolute Gasteiger partial charge is 0.464 e. The summed E-state index contributed by atoms with van der Waals surface area (Å²) in [6, 6.07) is 35.7. The van der Waals surface area contributed by atoms with Crippen molar-refractivity contribution in [1.29, 1.82) is 0 Å². The summed E-state index contributed by atoms with van der Waals surface area (Å²) in [5, 5.41) is 2.17. The Hall–Kier alpha value is -3.89. The first kappa shape index (κ1) is 22.6. The molecule has 0 saturated carbocycles. The Bertz CT molecular complexity index is 1320. The predicted molar refractivity (Wildman–Crippen MR) is 144 cm³/mol. The Balaban J connectivity index is 1.18. The standard InChI is InChI=1S/C32H30N2O2/c35-32(36-22-30-28-15-7-5-13-26(28)27-14-6-8-16-29(27)30)25-20-24-12-4-9-17-31(24)33-34(21-25)19-18-23-10-2-1-3-11-23/h1-17,25,30,33H,18-22H2. The van der Waals surface area contributed by atoms with Gasteiger partial charge in [-0.15, -0.1) is 0 Å². The number of hydrazine groups is 1. The van der Waals surface area contributed by atoms with Gasteiger partial charge in [-0.2, -0.15) is 0 Å². The fourth-order valence-electron chi connectivity index (χ4n) is 5.56. The number of carbonyl (C=O) groups excluding carboxylic acids is 1. The van der Waals surface area contributed by atoms with E-state index in [2.05, 4.69) is 95.4 Å². The highest BCUT2D eigenvalue weighted by Gasteiger charge is 2.32. The lowest BCUT2D eigenvalue weighted by atomic mass is 9.97. The Kier molecular flexibility index (Phi) is 6.27. The second-order valence-corrected chi connectivity index (χ2v) is 9.71. The Labute approximate surface area is 212 Å². The number of esters is 1. The van der Waals surface area contributed by atoms with Gasteiger partial charge in [-0.05, 0) is 52.3 Å². The van der Waals surface area contributed by atoms with Crippen molar-refractivity contribution in [3.8, 4) is 11.1 Å². The maximum absolute atomic E-state index is 13.5. The summed E-state index contributed by atoms with van der Waals surface area (Å²) in [6.45, 7) is 1.78. The molecule has 1 N–H and O–H groups in total. The lowest BCUT2D eigenvalue weighted by molar-refractivity contribution is -0.149. The van der Waals surface area contributed by atoms with Gasteiger partial charge in [-0.25, -0.2) is 5.01 Å². The van der Waals surface area contributed by atoms with E-state index in [9.17, 15) is 4.79 Å². The van der Waals surface area contributed by atoms with Gasteiger partial charge >= 0.3 is 5.97 Å². The van der Waals surface area contributed by atoms with E-state index in [0.717, 1.165) is 24.2 Å². The number of rotatable bonds is 6. The van der Waals surface area contributed by atoms with Gasteiger partial charge in [0.05, 0.1) is 11.6 Å². The number of ether oxygens (including phenoxy) is 1. The van der Waals surface area contributed by atoms with Crippen molar-refractivity contribution in [2.24, 2.45) is 5.92 Å². The average Bonchev–Trinajstić information content (AvgIpc) is 3.11. The average molecular weight is 475 g/mol. The van der Waals surface area contributed by atoms with Gasteiger partial charge in [-0.3, -0.25) is 4.79 Å². The molecule has 0 amide bonds. The zero-order valence-electron chi connectivity index (χ0n) is 20.3. The maximum atomic E-state index is 13.5. The van der Waals surface area contributed by atoms with Crippen LogP contribution in [0.4, 0.5) is 5.69 Å². The molecule has 4 heteroatoms. The van der Waals surface area contributed by atoms with Gasteiger partial charge in [0, 0.05) is 19.0 Å². The zero-order valence-corrected chi connectivity index (χ0v) is 20.3. The van der Waals surface area contributed by atoms with Crippen LogP contribution < -0.4 is 5.43 Å². The second-order valence-electron chi connectivity index (χ2n) is 9.71. The molecule has 2 aliphatic rings. The molecule has 1 aliphatic heterocycles. The molecule has 0 aromatic heterocycles. The minimum Gasteiger partial charge on any atom is -0.464 e. The number of hydrogen-bond donors (Lipinski definition) is 1. The Morgan fingerprint density at radius 2 is 1.44 bits per heavy atom. The highest BCUT2D eigenvalue weighted by molar-refractivity contribution is 5.79. The molecule has 180 valence electrons. The SMILES string of the molecule is O=C(OCC1c2ccccc2-c2ccccc21)C1Cc2ccccc2NN(CCc2ccccc2)C1. The van der Waals surface area contributed by atoms with Crippen molar-refractivity contribution in [2.45, 2.75) is 18.8 Å². The van der Waals surface area contributed by atoms with Crippen LogP contribution in [0.5, 0.6) is 0 Å². The van der Waals surface area contributed by atoms with Gasteiger partial charge in [0.25, 0.3) is 0 Å². The van der Waals surface area contributed by atoms with Crippen LogP contribution in [-0.4, -0.2) is 30.7 Å². The highest BCUT2D eigenvalue weighted by atomic mass is 16.5. The van der Waals surface area contributed by atoms with Crippen LogP contribution in [0.1, 0.15) is 28.2 Å². The number of para-hydroxylation sites is 1. The summed E-state index contributed by atoms with van der Waals surface area (Å²) in [6.07, 6.45) is 1.58. The van der Waals surface area contributed by atoms with Gasteiger partial charge in [0.15, 0.2) is 0 Å². The van der Waals surface area contributed by atoms with Crippen molar-refractivity contribution in [1.82, 2.24) is 5.01 Å². The summed E-state index contributed by atoms with van der Waals surface area (Å²) in [5.74, 6) is -0.282. The first-order chi connectivity index (χ1) is 17.8. The molecule has 4 aromatic rings. The third-order valence-corrected chi connectivity index (χ3v) is 7.40. The van der Waals surface area contributed by atoms with Crippen molar-refractivity contribution < 1.29 is 9.53 Å². The quantitative estimate of drug-likeness (QED) is 0.344. The summed E-state index contributed by atoms with van der Waals surface area (Å²) in [4.78, 5) is 13.5. The van der Waals surface area contributed by atoms with Crippen LogP contribution in [0.2, 0.25) is 0 Å². The molecule has 1 aliphatic carbocycles. The Morgan fingerprint density at radius 3 is 2.19 bits per heavy atom. The first-order valence-corrected chi connectivity index (χ1v) is 12.7. The van der Waals surface area contributed by atoms with E-state index < -0.39 is 0 Å². The minimum absolute atomic E-state index is 0.0757. The van der Waals surface area contributed by atoms with E-state index in [1.807, 2.05) is 18.2 Å². The van der Waals surface area contributed by atoms with Crippen molar-refractivity contribution in [3.05, 3.63) is 125 Å². The number of nitrogens with one attached hydrogen (secondary N) is 1. The van der Waals surface area contributed by atoms with E-state index in [1.54, 1.807) is 0 Å². The third-order valence-electron chi connectivity index (χ3n) is 7.40. The smallest absolute Gasteiger partial charge is 0.310 e. The van der Waals surface area contributed by atoms with Gasteiger partial charge in [0.1, 0.15) is 6.61 Å². The van der Waals surface area contributed by atoms with E-state index in [0.29, 0.717) is 19.6 Å². The van der Waals surface area contributed by atoms with Crippen LogP contribution in [0, 0.1) is 5.92 Å². The van der Waals surface area contributed by atoms with Crippen molar-refractivity contribution >= 4 is 11.7 Å². The predicted octanol–water partition coefficient (Wildman–Crippen LogP) is 6.09. The van der Waals surface area contributed by atoms with Crippen LogP contribution in [-0.2, 0) is 22.4 Å². The lowest BCUT2D eigenvalue weighted by Crippen LogP contribution is -2.38. The molecule has 6 rings (SSSR count). The minimum atomic E-state index is -0.233. The first-order valence-electron chi connectivity index (χ1n) is 12.7. The third kappa shape index (κ3) is 4.52. The normalized spacial score (nSPS) is 16.8. The number of nitrogens with zero attached hydrogens (tertiary/aromatic N) is 1. The molecule has 4 aromatic carbocycles. The summed E-state index contributed by atoms with van der Waals surface area (Å²) in [7, 11) is 0. The molecule has 36 heavy (non-hydrogen) atoms. The van der Waals surface area contributed by atoms with E-state index in [-0.39, 0.29) is 17.8 Å². The van der Waals surface area contributed by atoms with Crippen LogP contribution in [0.15, 0.2) is 103 Å². The molecule has 0 fully saturated rings. The molecule has 0 bridgehead atoms. The summed E-state index contributed by atoms with van der Waals surface area (Å²) in [5.41, 5.74) is 12.0. The van der Waals surface area contributed by atoms with Crippen molar-refractivity contribution in [3.63, 3.8) is 0 Å².